The number of nitrogens with zero attached hydrogens (tertiary/aromatic N) is 3. The summed E-state index contributed by atoms with van der Waals surface area (Å²) >= 11 is 0. The largest absolute Gasteiger partial charge is 0.444 e. The minimum absolute atomic E-state index is 0.130. The lowest BCUT2D eigenvalue weighted by molar-refractivity contribution is 0.0488. The average molecular weight is 244 g/mol. The maximum absolute atomic E-state index is 11.2. The summed E-state index contributed by atoms with van der Waals surface area (Å²) in [6.07, 6.45) is -0.154. The molecule has 7 heteroatoms. The molecule has 0 bridgehead atoms. The van der Waals surface area contributed by atoms with Crippen molar-refractivity contribution in [2.45, 2.75) is 45.3 Å². The zero-order chi connectivity index (χ0) is 13.3. The van der Waals surface area contributed by atoms with Crippen LogP contribution in [0.2, 0.25) is 0 Å². The first-order valence-corrected chi connectivity index (χ1v) is 5.51. The van der Waals surface area contributed by atoms with Gasteiger partial charge >= 0.3 is 6.09 Å². The van der Waals surface area contributed by atoms with Gasteiger partial charge in [0.1, 0.15) is 5.60 Å². The number of carbonyl (C=O) groups excluding carboxylic acids is 1. The van der Waals surface area contributed by atoms with Gasteiger partial charge in [-0.3, -0.25) is 0 Å². The van der Waals surface area contributed by atoms with Gasteiger partial charge in [0, 0.05) is 18.0 Å². The van der Waals surface area contributed by atoms with E-state index in [9.17, 15) is 9.90 Å². The van der Waals surface area contributed by atoms with Crippen LogP contribution in [0.25, 0.3) is 10.4 Å². The van der Waals surface area contributed by atoms with Gasteiger partial charge in [-0.1, -0.05) is 5.11 Å². The molecule has 0 spiro atoms. The van der Waals surface area contributed by atoms with Gasteiger partial charge in [0.15, 0.2) is 0 Å². The van der Waals surface area contributed by atoms with Crippen LogP contribution in [0.4, 0.5) is 4.79 Å². The molecule has 1 atom stereocenters. The van der Waals surface area contributed by atoms with E-state index in [0.29, 0.717) is 19.4 Å². The Morgan fingerprint density at radius 1 is 1.59 bits per heavy atom. The molecule has 0 saturated heterocycles. The first-order valence-electron chi connectivity index (χ1n) is 5.51. The number of rotatable bonds is 6. The number of carbonyl (C=O) groups is 1. The summed E-state index contributed by atoms with van der Waals surface area (Å²) in [7, 11) is 0. The lowest BCUT2D eigenvalue weighted by atomic mass is 10.2. The van der Waals surface area contributed by atoms with E-state index in [1.165, 1.54) is 0 Å². The maximum atomic E-state index is 11.2. The fraction of sp³-hybridized carbons (Fsp3) is 0.900. The molecule has 0 aromatic rings. The Hall–Kier alpha value is -1.46. The highest BCUT2D eigenvalue weighted by Gasteiger charge is 2.16. The molecule has 0 fully saturated rings. The van der Waals surface area contributed by atoms with Crippen LogP contribution in [0.5, 0.6) is 0 Å². The first kappa shape index (κ1) is 15.5. The summed E-state index contributed by atoms with van der Waals surface area (Å²) in [5, 5.41) is 15.3. The smallest absolute Gasteiger partial charge is 0.407 e. The predicted octanol–water partition coefficient (Wildman–Crippen LogP) is 1.96. The van der Waals surface area contributed by atoms with Crippen molar-refractivity contribution < 1.29 is 14.6 Å². The summed E-state index contributed by atoms with van der Waals surface area (Å²) in [5.41, 5.74) is 7.49. The summed E-state index contributed by atoms with van der Waals surface area (Å²) < 4.78 is 5.00. The van der Waals surface area contributed by atoms with Crippen LogP contribution >= 0.6 is 0 Å². The second kappa shape index (κ2) is 7.76. The lowest BCUT2D eigenvalue weighted by Crippen LogP contribution is -2.36. The van der Waals surface area contributed by atoms with Gasteiger partial charge in [0.05, 0.1) is 6.10 Å². The zero-order valence-corrected chi connectivity index (χ0v) is 10.5. The fourth-order valence-corrected chi connectivity index (χ4v) is 1.06. The second-order valence-electron chi connectivity index (χ2n) is 4.63. The van der Waals surface area contributed by atoms with E-state index < -0.39 is 17.8 Å². The quantitative estimate of drug-likeness (QED) is 0.322. The van der Waals surface area contributed by atoms with Crippen LogP contribution in [-0.4, -0.2) is 36.0 Å². The topological polar surface area (TPSA) is 107 Å². The molecule has 0 aliphatic rings. The third-order valence-electron chi connectivity index (χ3n) is 1.74. The SMILES string of the molecule is CC(C)(C)OC(=O)NCC(O)CCCN=[N+]=[N-]. The van der Waals surface area contributed by atoms with E-state index >= 15 is 0 Å². The standard InChI is InChI=1S/C10H20N4O3/c1-10(2,3)17-9(16)12-7-8(15)5-4-6-13-14-11/h8,15H,4-7H2,1-3H3,(H,12,16). The second-order valence-corrected chi connectivity index (χ2v) is 4.63. The van der Waals surface area contributed by atoms with E-state index in [0.717, 1.165) is 0 Å². The summed E-state index contributed by atoms with van der Waals surface area (Å²) in [6, 6.07) is 0. The summed E-state index contributed by atoms with van der Waals surface area (Å²) in [5.74, 6) is 0. The van der Waals surface area contributed by atoms with Crippen molar-refractivity contribution >= 4 is 6.09 Å². The number of alkyl carbamates (subject to hydrolysis) is 1. The van der Waals surface area contributed by atoms with Crippen molar-refractivity contribution in [1.82, 2.24) is 5.32 Å². The Kier molecular flexibility index (Phi) is 7.09. The molecule has 7 nitrogen and oxygen atoms in total. The minimum atomic E-state index is -0.656. The van der Waals surface area contributed by atoms with Gasteiger partial charge in [0.25, 0.3) is 0 Å². The normalized spacial score (nSPS) is 12.5. The van der Waals surface area contributed by atoms with Crippen molar-refractivity contribution in [2.75, 3.05) is 13.1 Å². The molecule has 1 amide bonds. The molecule has 0 aromatic heterocycles. The molecule has 0 aromatic carbocycles. The molecule has 0 aliphatic carbocycles. The van der Waals surface area contributed by atoms with Crippen molar-refractivity contribution in [1.29, 1.82) is 0 Å². The molecule has 0 aliphatic heterocycles. The monoisotopic (exact) mass is 244 g/mol. The number of hydrogen-bond acceptors (Lipinski definition) is 4. The third kappa shape index (κ3) is 10.8. The van der Waals surface area contributed by atoms with E-state index in [4.69, 9.17) is 10.3 Å². The molecule has 1 unspecified atom stereocenters. The highest BCUT2D eigenvalue weighted by atomic mass is 16.6. The Balaban J connectivity index is 3.65. The number of aliphatic hydroxyl groups is 1. The fourth-order valence-electron chi connectivity index (χ4n) is 1.06. The van der Waals surface area contributed by atoms with Crippen LogP contribution in [-0.2, 0) is 4.74 Å². The van der Waals surface area contributed by atoms with Gasteiger partial charge in [-0.2, -0.15) is 0 Å². The molecular weight excluding hydrogens is 224 g/mol. The number of azide groups is 1. The third-order valence-corrected chi connectivity index (χ3v) is 1.74. The number of ether oxygens (including phenoxy) is 1. The van der Waals surface area contributed by atoms with E-state index in [1.807, 2.05) is 0 Å². The number of aliphatic hydroxyl groups excluding tert-OH is 1. The van der Waals surface area contributed by atoms with E-state index in [2.05, 4.69) is 15.3 Å². The summed E-state index contributed by atoms with van der Waals surface area (Å²) in [4.78, 5) is 13.8. The number of hydrogen-bond donors (Lipinski definition) is 2. The van der Waals surface area contributed by atoms with E-state index in [-0.39, 0.29) is 6.54 Å². The van der Waals surface area contributed by atoms with Crippen molar-refractivity contribution in [3.8, 4) is 0 Å². The van der Waals surface area contributed by atoms with E-state index in [1.54, 1.807) is 20.8 Å². The van der Waals surface area contributed by atoms with Crippen LogP contribution < -0.4 is 5.32 Å². The molecule has 2 N–H and O–H groups in total. The van der Waals surface area contributed by atoms with Crippen molar-refractivity contribution in [3.05, 3.63) is 10.4 Å². The molecule has 0 heterocycles. The van der Waals surface area contributed by atoms with Gasteiger partial charge in [-0.25, -0.2) is 4.79 Å². The van der Waals surface area contributed by atoms with Gasteiger partial charge in [-0.15, -0.1) is 0 Å². The van der Waals surface area contributed by atoms with Crippen LogP contribution in [0.15, 0.2) is 5.11 Å². The van der Waals surface area contributed by atoms with Crippen LogP contribution in [0, 0.1) is 0 Å². The predicted molar refractivity (Wildman–Crippen MR) is 63.5 cm³/mol. The molecule has 17 heavy (non-hydrogen) atoms. The number of amides is 1. The Morgan fingerprint density at radius 2 is 2.24 bits per heavy atom. The average Bonchev–Trinajstić information content (AvgIpc) is 2.19. The highest BCUT2D eigenvalue weighted by molar-refractivity contribution is 5.67. The van der Waals surface area contributed by atoms with Crippen molar-refractivity contribution in [3.63, 3.8) is 0 Å². The Bertz CT molecular complexity index is 282. The van der Waals surface area contributed by atoms with Crippen molar-refractivity contribution in [2.24, 2.45) is 5.11 Å². The maximum Gasteiger partial charge on any atom is 0.407 e. The molecule has 0 radical (unpaired) electrons. The number of nitrogens with one attached hydrogen (secondary N) is 1. The van der Waals surface area contributed by atoms with Crippen LogP contribution in [0.1, 0.15) is 33.6 Å². The molecule has 0 rings (SSSR count). The highest BCUT2D eigenvalue weighted by Crippen LogP contribution is 2.06. The van der Waals surface area contributed by atoms with Gasteiger partial charge in [-0.05, 0) is 39.1 Å². The molecule has 98 valence electrons. The minimum Gasteiger partial charge on any atom is -0.444 e. The zero-order valence-electron chi connectivity index (χ0n) is 10.5. The lowest BCUT2D eigenvalue weighted by Gasteiger charge is -2.20. The van der Waals surface area contributed by atoms with Gasteiger partial charge in [0.2, 0.25) is 0 Å². The first-order chi connectivity index (χ1) is 7.85. The van der Waals surface area contributed by atoms with Gasteiger partial charge < -0.3 is 15.2 Å². The molecular formula is C10H20N4O3. The molecule has 0 saturated carbocycles. The van der Waals surface area contributed by atoms with Crippen LogP contribution in [0.3, 0.4) is 0 Å². The Labute approximate surface area is 101 Å². The Morgan fingerprint density at radius 3 is 2.76 bits per heavy atom. The summed E-state index contributed by atoms with van der Waals surface area (Å²) in [6.45, 7) is 5.78.